The highest BCUT2D eigenvalue weighted by atomic mass is 35.5. The number of pyridine rings is 2. The minimum absolute atomic E-state index is 0.0335. The minimum atomic E-state index is -0.843. The number of halogens is 1. The molecule has 0 radical (unpaired) electrons. The zero-order valence-corrected chi connectivity index (χ0v) is 17.4. The zero-order valence-electron chi connectivity index (χ0n) is 16.7. The second kappa shape index (κ2) is 9.08. The summed E-state index contributed by atoms with van der Waals surface area (Å²) in [4.78, 5) is 20.7. The van der Waals surface area contributed by atoms with Crippen molar-refractivity contribution in [1.29, 1.82) is 10.5 Å². The van der Waals surface area contributed by atoms with E-state index in [1.165, 1.54) is 30.6 Å². The van der Waals surface area contributed by atoms with E-state index in [0.29, 0.717) is 28.1 Å². The van der Waals surface area contributed by atoms with Crippen LogP contribution in [-0.4, -0.2) is 15.9 Å². The molecule has 0 aliphatic carbocycles. The molecule has 1 amide bonds. The Morgan fingerprint density at radius 1 is 1.23 bits per heavy atom. The molecule has 30 heavy (non-hydrogen) atoms. The molecule has 0 spiro atoms. The Balaban J connectivity index is 2.32. The van der Waals surface area contributed by atoms with Crippen molar-refractivity contribution in [1.82, 2.24) is 15.3 Å². The van der Waals surface area contributed by atoms with Gasteiger partial charge in [-0.1, -0.05) is 11.6 Å². The summed E-state index contributed by atoms with van der Waals surface area (Å²) in [6.07, 6.45) is 4.39. The highest BCUT2D eigenvalue weighted by Crippen LogP contribution is 2.23. The quantitative estimate of drug-likeness (QED) is 0.495. The summed E-state index contributed by atoms with van der Waals surface area (Å²) >= 11 is 5.88. The van der Waals surface area contributed by atoms with E-state index in [0.717, 1.165) is 0 Å². The van der Waals surface area contributed by atoms with Crippen molar-refractivity contribution in [3.63, 3.8) is 0 Å². The molecule has 0 atom stereocenters. The average Bonchev–Trinajstić information content (AvgIpc) is 2.72. The summed E-state index contributed by atoms with van der Waals surface area (Å²) in [5.74, 6) is -0.437. The van der Waals surface area contributed by atoms with Crippen LogP contribution in [0.25, 0.3) is 5.57 Å². The third-order valence-electron chi connectivity index (χ3n) is 4.20. The maximum atomic E-state index is 12.6. The Kier molecular flexibility index (Phi) is 6.78. The normalized spacial score (nSPS) is 12.4. The van der Waals surface area contributed by atoms with Gasteiger partial charge in [-0.15, -0.1) is 0 Å². The van der Waals surface area contributed by atoms with Crippen LogP contribution in [0.15, 0.2) is 48.2 Å². The van der Waals surface area contributed by atoms with Gasteiger partial charge in [0, 0.05) is 34.8 Å². The predicted molar refractivity (Wildman–Crippen MR) is 113 cm³/mol. The van der Waals surface area contributed by atoms with Crippen molar-refractivity contribution in [2.45, 2.75) is 26.2 Å². The maximum Gasteiger partial charge on any atom is 0.256 e. The second-order valence-corrected chi connectivity index (χ2v) is 7.35. The topological polar surface area (TPSA) is 154 Å². The van der Waals surface area contributed by atoms with Gasteiger partial charge in [-0.2, -0.15) is 10.5 Å². The Hall–Kier alpha value is -3.88. The van der Waals surface area contributed by atoms with Crippen LogP contribution < -0.4 is 16.8 Å². The van der Waals surface area contributed by atoms with E-state index in [1.54, 1.807) is 26.8 Å². The first-order chi connectivity index (χ1) is 14.1. The van der Waals surface area contributed by atoms with Gasteiger partial charge in [-0.25, -0.2) is 4.98 Å². The molecular formula is C21H20ClN7O. The molecule has 0 saturated heterocycles. The molecular weight excluding hydrogens is 402 g/mol. The van der Waals surface area contributed by atoms with Gasteiger partial charge in [0.1, 0.15) is 17.0 Å². The molecule has 0 bridgehead atoms. The van der Waals surface area contributed by atoms with Crippen LogP contribution in [0.4, 0.5) is 0 Å². The summed E-state index contributed by atoms with van der Waals surface area (Å²) in [5.41, 5.74) is 13.5. The molecule has 0 saturated carbocycles. The first-order valence-corrected chi connectivity index (χ1v) is 9.15. The van der Waals surface area contributed by atoms with E-state index in [1.807, 2.05) is 6.07 Å². The molecule has 2 aromatic heterocycles. The number of aromatic nitrogens is 2. The summed E-state index contributed by atoms with van der Waals surface area (Å²) in [5, 5.41) is 21.1. The van der Waals surface area contributed by atoms with Crippen LogP contribution in [0.2, 0.25) is 5.15 Å². The number of nitrogens with zero attached hydrogens (tertiary/aromatic N) is 4. The molecule has 0 unspecified atom stereocenters. The SMILES string of the molecule is C/C(N)=C(/C=C(\N)NC(=O)c1ccnc(C(C)(C)C#N)c1)c1cnc(Cl)c(C#N)c1. The van der Waals surface area contributed by atoms with E-state index >= 15 is 0 Å². The Morgan fingerprint density at radius 3 is 2.53 bits per heavy atom. The van der Waals surface area contributed by atoms with Gasteiger partial charge in [0.05, 0.1) is 22.7 Å². The van der Waals surface area contributed by atoms with Gasteiger partial charge in [0.25, 0.3) is 5.91 Å². The molecule has 9 heteroatoms. The average molecular weight is 422 g/mol. The molecule has 0 aromatic carbocycles. The van der Waals surface area contributed by atoms with E-state index in [2.05, 4.69) is 21.4 Å². The van der Waals surface area contributed by atoms with Gasteiger partial charge in [-0.05, 0) is 45.0 Å². The van der Waals surface area contributed by atoms with Gasteiger partial charge in [0.15, 0.2) is 0 Å². The third-order valence-corrected chi connectivity index (χ3v) is 4.50. The van der Waals surface area contributed by atoms with E-state index in [4.69, 9.17) is 28.3 Å². The number of allylic oxidation sites excluding steroid dienone is 3. The molecule has 8 nitrogen and oxygen atoms in total. The van der Waals surface area contributed by atoms with Crippen LogP contribution in [0.1, 0.15) is 48.0 Å². The van der Waals surface area contributed by atoms with Crippen LogP contribution >= 0.6 is 11.6 Å². The standard InChI is InChI=1S/C21H20ClN7O/c1-12(25)16(15-6-14(9-23)19(22)28-10-15)8-18(26)29-20(30)13-4-5-27-17(7-13)21(2,3)11-24/h4-8,10H,25-26H2,1-3H3,(H,29,30)/b16-12+,18-8+. The maximum absolute atomic E-state index is 12.6. The molecule has 0 aliphatic heterocycles. The molecule has 152 valence electrons. The number of hydrogen-bond donors (Lipinski definition) is 3. The number of amides is 1. The highest BCUT2D eigenvalue weighted by Gasteiger charge is 2.22. The smallest absolute Gasteiger partial charge is 0.256 e. The minimum Gasteiger partial charge on any atom is -0.402 e. The fourth-order valence-corrected chi connectivity index (χ4v) is 2.61. The summed E-state index contributed by atoms with van der Waals surface area (Å²) in [6, 6.07) is 8.69. The highest BCUT2D eigenvalue weighted by molar-refractivity contribution is 6.30. The lowest BCUT2D eigenvalue weighted by Crippen LogP contribution is -2.28. The Labute approximate surface area is 179 Å². The zero-order chi connectivity index (χ0) is 22.5. The Morgan fingerprint density at radius 2 is 1.93 bits per heavy atom. The van der Waals surface area contributed by atoms with Crippen molar-refractivity contribution >= 4 is 23.1 Å². The van der Waals surface area contributed by atoms with Crippen molar-refractivity contribution < 1.29 is 4.79 Å². The lowest BCUT2D eigenvalue weighted by Gasteiger charge is -2.15. The van der Waals surface area contributed by atoms with Crippen molar-refractivity contribution in [3.05, 3.63) is 75.7 Å². The number of nitrogens with two attached hydrogens (primary N) is 2. The molecule has 0 fully saturated rings. The van der Waals surface area contributed by atoms with Crippen LogP contribution in [0.5, 0.6) is 0 Å². The number of nitrogens with one attached hydrogen (secondary N) is 1. The fraction of sp³-hybridized carbons (Fsp3) is 0.190. The van der Waals surface area contributed by atoms with E-state index < -0.39 is 11.3 Å². The predicted octanol–water partition coefficient (Wildman–Crippen LogP) is 2.72. The first kappa shape index (κ1) is 22.4. The van der Waals surface area contributed by atoms with Crippen LogP contribution in [-0.2, 0) is 5.41 Å². The third kappa shape index (κ3) is 5.13. The van der Waals surface area contributed by atoms with Crippen molar-refractivity contribution in [3.8, 4) is 12.1 Å². The Bertz CT molecular complexity index is 1130. The summed E-state index contributed by atoms with van der Waals surface area (Å²) in [7, 11) is 0. The number of rotatable bonds is 5. The first-order valence-electron chi connectivity index (χ1n) is 8.77. The largest absolute Gasteiger partial charge is 0.402 e. The number of carbonyl (C=O) groups is 1. The lowest BCUT2D eigenvalue weighted by molar-refractivity contribution is 0.0965. The summed E-state index contributed by atoms with van der Waals surface area (Å²) < 4.78 is 0. The fourth-order valence-electron chi connectivity index (χ4n) is 2.46. The van der Waals surface area contributed by atoms with E-state index in [9.17, 15) is 10.1 Å². The number of nitriles is 2. The van der Waals surface area contributed by atoms with Gasteiger partial charge in [-0.3, -0.25) is 9.78 Å². The monoisotopic (exact) mass is 421 g/mol. The second-order valence-electron chi connectivity index (χ2n) is 6.99. The van der Waals surface area contributed by atoms with Gasteiger partial charge in [0.2, 0.25) is 0 Å². The van der Waals surface area contributed by atoms with Crippen LogP contribution in [0, 0.1) is 22.7 Å². The van der Waals surface area contributed by atoms with Gasteiger partial charge < -0.3 is 16.8 Å². The van der Waals surface area contributed by atoms with Crippen molar-refractivity contribution in [2.75, 3.05) is 0 Å². The molecule has 2 heterocycles. The van der Waals surface area contributed by atoms with Crippen LogP contribution in [0.3, 0.4) is 0 Å². The van der Waals surface area contributed by atoms with E-state index in [-0.39, 0.29) is 16.5 Å². The van der Waals surface area contributed by atoms with Crippen molar-refractivity contribution in [2.24, 2.45) is 11.5 Å². The molecule has 0 aliphatic rings. The number of hydrogen-bond acceptors (Lipinski definition) is 7. The summed E-state index contributed by atoms with van der Waals surface area (Å²) in [6.45, 7) is 5.07. The molecule has 5 N–H and O–H groups in total. The van der Waals surface area contributed by atoms with Gasteiger partial charge >= 0.3 is 0 Å². The molecule has 2 rings (SSSR count). The lowest BCUT2D eigenvalue weighted by atomic mass is 9.90. The molecule has 2 aromatic rings. The number of carbonyl (C=O) groups excluding carboxylic acids is 1.